The molecule has 0 saturated heterocycles. The van der Waals surface area contributed by atoms with E-state index in [1.165, 1.54) is 11.8 Å². The van der Waals surface area contributed by atoms with Crippen molar-refractivity contribution in [3.8, 4) is 0 Å². The minimum Gasteiger partial charge on any atom is -0.369 e. The molecule has 2 aromatic rings. The summed E-state index contributed by atoms with van der Waals surface area (Å²) in [5.74, 6) is 1.42. The minimum atomic E-state index is 0.0766. The van der Waals surface area contributed by atoms with Crippen LogP contribution in [0.5, 0.6) is 0 Å². The van der Waals surface area contributed by atoms with Crippen molar-refractivity contribution in [1.82, 2.24) is 25.1 Å². The van der Waals surface area contributed by atoms with E-state index in [4.69, 9.17) is 0 Å². The van der Waals surface area contributed by atoms with Crippen LogP contribution in [-0.4, -0.2) is 45.0 Å². The molecule has 0 unspecified atom stereocenters. The number of rotatable bonds is 9. The van der Waals surface area contributed by atoms with Crippen molar-refractivity contribution in [2.24, 2.45) is 5.92 Å². The van der Waals surface area contributed by atoms with E-state index in [1.54, 1.807) is 6.20 Å². The Morgan fingerprint density at radius 1 is 1.38 bits per heavy atom. The normalized spacial score (nSPS) is 11.2. The van der Waals surface area contributed by atoms with Gasteiger partial charge in [-0.15, -0.1) is 0 Å². The van der Waals surface area contributed by atoms with Crippen molar-refractivity contribution < 1.29 is 4.79 Å². The summed E-state index contributed by atoms with van der Waals surface area (Å²) in [5, 5.41) is 12.3. The van der Waals surface area contributed by atoms with Gasteiger partial charge in [-0.1, -0.05) is 32.5 Å². The van der Waals surface area contributed by atoms with Crippen molar-refractivity contribution in [2.45, 2.75) is 45.3 Å². The smallest absolute Gasteiger partial charge is 0.220 e. The quantitative estimate of drug-likeness (QED) is 0.534. The number of anilines is 1. The van der Waals surface area contributed by atoms with Gasteiger partial charge < -0.3 is 10.6 Å². The van der Waals surface area contributed by atoms with Gasteiger partial charge in [-0.3, -0.25) is 4.79 Å². The maximum absolute atomic E-state index is 11.6. The van der Waals surface area contributed by atoms with E-state index in [1.807, 2.05) is 17.9 Å². The zero-order valence-corrected chi connectivity index (χ0v) is 15.6. The number of nitrogens with zero attached hydrogens (tertiary/aromatic N) is 4. The molecule has 0 saturated carbocycles. The molecule has 24 heavy (non-hydrogen) atoms. The first kappa shape index (κ1) is 18.5. The van der Waals surface area contributed by atoms with E-state index < -0.39 is 0 Å². The Hall–Kier alpha value is -1.83. The first-order valence-corrected chi connectivity index (χ1v) is 9.55. The van der Waals surface area contributed by atoms with Gasteiger partial charge in [-0.25, -0.2) is 14.6 Å². The highest BCUT2D eigenvalue weighted by Crippen LogP contribution is 2.23. The van der Waals surface area contributed by atoms with Crippen LogP contribution in [0.3, 0.4) is 0 Å². The molecule has 7 nitrogen and oxygen atoms in total. The third kappa shape index (κ3) is 4.83. The molecule has 2 N–H and O–H groups in total. The third-order valence-electron chi connectivity index (χ3n) is 3.46. The van der Waals surface area contributed by atoms with Crippen molar-refractivity contribution in [1.29, 1.82) is 0 Å². The second kappa shape index (κ2) is 8.86. The zero-order valence-electron chi connectivity index (χ0n) is 14.8. The van der Waals surface area contributed by atoms with Crippen LogP contribution in [0, 0.1) is 5.92 Å². The Bertz CT molecular complexity index is 685. The van der Waals surface area contributed by atoms with E-state index in [9.17, 15) is 4.79 Å². The molecule has 2 rings (SSSR count). The number of aromatic nitrogens is 4. The molecule has 0 spiro atoms. The molecular formula is C16H26N6OS. The lowest BCUT2D eigenvalue weighted by Gasteiger charge is -2.10. The predicted molar refractivity (Wildman–Crippen MR) is 98.3 cm³/mol. The number of carbonyl (C=O) groups is 1. The highest BCUT2D eigenvalue weighted by Gasteiger charge is 2.13. The van der Waals surface area contributed by atoms with E-state index in [2.05, 4.69) is 39.5 Å². The molecule has 0 aliphatic rings. The van der Waals surface area contributed by atoms with Crippen LogP contribution >= 0.6 is 11.8 Å². The van der Waals surface area contributed by atoms with Gasteiger partial charge in [0, 0.05) is 19.5 Å². The summed E-state index contributed by atoms with van der Waals surface area (Å²) in [5.41, 5.74) is 0.797. The summed E-state index contributed by atoms with van der Waals surface area (Å²) in [7, 11) is 0. The van der Waals surface area contributed by atoms with Gasteiger partial charge in [0.05, 0.1) is 18.1 Å². The number of hydrogen-bond acceptors (Lipinski definition) is 6. The predicted octanol–water partition coefficient (Wildman–Crippen LogP) is 2.53. The number of amides is 1. The van der Waals surface area contributed by atoms with Gasteiger partial charge in [-0.05, 0) is 18.6 Å². The average Bonchev–Trinajstić information content (AvgIpc) is 2.96. The standard InChI is InChI=1S/C16H26N6OS/c1-5-6-13(23)17-7-8-22-15-12(10-19-22)14(18-9-11(2)3)20-16(21-15)24-4/h10-11H,5-9H2,1-4H3,(H,17,23)(H,18,20,21). The highest BCUT2D eigenvalue weighted by molar-refractivity contribution is 7.98. The summed E-state index contributed by atoms with van der Waals surface area (Å²) in [6.45, 7) is 8.29. The average molecular weight is 350 g/mol. The summed E-state index contributed by atoms with van der Waals surface area (Å²) >= 11 is 1.51. The maximum Gasteiger partial charge on any atom is 0.220 e. The number of hydrogen-bond donors (Lipinski definition) is 2. The Morgan fingerprint density at radius 3 is 2.83 bits per heavy atom. The molecule has 132 valence electrons. The lowest BCUT2D eigenvalue weighted by molar-refractivity contribution is -0.121. The lowest BCUT2D eigenvalue weighted by atomic mass is 10.2. The molecule has 8 heteroatoms. The third-order valence-corrected chi connectivity index (χ3v) is 4.01. The summed E-state index contributed by atoms with van der Waals surface area (Å²) < 4.78 is 1.82. The number of nitrogens with one attached hydrogen (secondary N) is 2. The van der Waals surface area contributed by atoms with Crippen LogP contribution in [-0.2, 0) is 11.3 Å². The molecular weight excluding hydrogens is 324 g/mol. The fourth-order valence-corrected chi connectivity index (χ4v) is 2.60. The van der Waals surface area contributed by atoms with Crippen molar-refractivity contribution >= 4 is 34.5 Å². The Labute approximate surface area is 147 Å². The van der Waals surface area contributed by atoms with Crippen LogP contribution in [0.15, 0.2) is 11.4 Å². The van der Waals surface area contributed by atoms with Crippen molar-refractivity contribution in [3.63, 3.8) is 0 Å². The molecule has 1 amide bonds. The molecule has 0 fully saturated rings. The molecule has 0 aliphatic carbocycles. The van der Waals surface area contributed by atoms with Crippen molar-refractivity contribution in [2.75, 3.05) is 24.7 Å². The number of thioether (sulfide) groups is 1. The largest absolute Gasteiger partial charge is 0.369 e. The van der Waals surface area contributed by atoms with E-state index in [0.29, 0.717) is 30.6 Å². The van der Waals surface area contributed by atoms with Gasteiger partial charge in [0.25, 0.3) is 0 Å². The second-order valence-electron chi connectivity index (χ2n) is 6.04. The monoisotopic (exact) mass is 350 g/mol. The highest BCUT2D eigenvalue weighted by atomic mass is 32.2. The van der Waals surface area contributed by atoms with Gasteiger partial charge in [0.2, 0.25) is 5.91 Å². The molecule has 0 atom stereocenters. The minimum absolute atomic E-state index is 0.0766. The fourth-order valence-electron chi connectivity index (χ4n) is 2.24. The van der Waals surface area contributed by atoms with Crippen LogP contribution in [0.2, 0.25) is 0 Å². The fraction of sp³-hybridized carbons (Fsp3) is 0.625. The molecule has 0 bridgehead atoms. The molecule has 2 aromatic heterocycles. The van der Waals surface area contributed by atoms with Crippen LogP contribution in [0.1, 0.15) is 33.6 Å². The van der Waals surface area contributed by atoms with E-state index in [0.717, 1.165) is 29.8 Å². The first-order valence-electron chi connectivity index (χ1n) is 8.33. The van der Waals surface area contributed by atoms with Gasteiger partial charge in [0.15, 0.2) is 10.8 Å². The SMILES string of the molecule is CCCC(=O)NCCn1ncc2c(NCC(C)C)nc(SC)nc21. The number of carbonyl (C=O) groups excluding carboxylic acids is 1. The van der Waals surface area contributed by atoms with Gasteiger partial charge >= 0.3 is 0 Å². The van der Waals surface area contributed by atoms with Crippen molar-refractivity contribution in [3.05, 3.63) is 6.20 Å². The maximum atomic E-state index is 11.6. The second-order valence-corrected chi connectivity index (χ2v) is 6.81. The number of fused-ring (bicyclic) bond motifs is 1. The summed E-state index contributed by atoms with van der Waals surface area (Å²) in [6, 6.07) is 0. The van der Waals surface area contributed by atoms with Gasteiger partial charge in [0.1, 0.15) is 5.82 Å². The van der Waals surface area contributed by atoms with E-state index in [-0.39, 0.29) is 5.91 Å². The zero-order chi connectivity index (χ0) is 17.5. The summed E-state index contributed by atoms with van der Waals surface area (Å²) in [4.78, 5) is 20.7. The first-order chi connectivity index (χ1) is 11.5. The van der Waals surface area contributed by atoms with E-state index >= 15 is 0 Å². The molecule has 0 radical (unpaired) electrons. The van der Waals surface area contributed by atoms with Crippen LogP contribution in [0.4, 0.5) is 5.82 Å². The lowest BCUT2D eigenvalue weighted by Crippen LogP contribution is -2.27. The molecule has 0 aliphatic heterocycles. The molecule has 0 aromatic carbocycles. The van der Waals surface area contributed by atoms with Gasteiger partial charge in [-0.2, -0.15) is 5.10 Å². The molecule has 2 heterocycles. The van der Waals surface area contributed by atoms with Crippen LogP contribution < -0.4 is 10.6 Å². The Kier molecular flexibility index (Phi) is 6.84. The Balaban J connectivity index is 2.16. The van der Waals surface area contributed by atoms with Crippen LogP contribution in [0.25, 0.3) is 11.0 Å². The topological polar surface area (TPSA) is 84.7 Å². The Morgan fingerprint density at radius 2 is 2.17 bits per heavy atom. The summed E-state index contributed by atoms with van der Waals surface area (Å²) in [6.07, 6.45) is 5.16.